The van der Waals surface area contributed by atoms with Crippen LogP contribution in [0.3, 0.4) is 0 Å². The molecule has 1 atom stereocenters. The number of thiazole rings is 1. The van der Waals surface area contributed by atoms with Crippen LogP contribution in [0.5, 0.6) is 0 Å². The van der Waals surface area contributed by atoms with Gasteiger partial charge in [-0.05, 0) is 20.3 Å². The fourth-order valence-corrected chi connectivity index (χ4v) is 4.61. The second-order valence-electron chi connectivity index (χ2n) is 7.66. The Balaban J connectivity index is 1.47. The summed E-state index contributed by atoms with van der Waals surface area (Å²) in [4.78, 5) is 21.9. The molecule has 4 aromatic rings. The van der Waals surface area contributed by atoms with E-state index in [0.29, 0.717) is 43.3 Å². The maximum atomic E-state index is 11.8. The van der Waals surface area contributed by atoms with Crippen LogP contribution < -0.4 is 5.32 Å². The molecule has 1 N–H and O–H groups in total. The molecule has 0 amide bonds. The number of carbonyl (C=O) groups is 1. The predicted molar refractivity (Wildman–Crippen MR) is 118 cm³/mol. The number of hydrogen-bond donors (Lipinski definition) is 1. The highest BCUT2D eigenvalue weighted by molar-refractivity contribution is 7.09. The molecule has 4 aromatic heterocycles. The van der Waals surface area contributed by atoms with Gasteiger partial charge in [0.1, 0.15) is 0 Å². The number of nitrogens with zero attached hydrogens (tertiary/aromatic N) is 6. The maximum Gasteiger partial charge on any atom is 0.307 e. The highest BCUT2D eigenvalue weighted by atomic mass is 32.1. The molecule has 10 nitrogen and oxygen atoms in total. The first kappa shape index (κ1) is 20.6. The van der Waals surface area contributed by atoms with Crippen LogP contribution >= 0.6 is 11.3 Å². The number of fused-ring (bicyclic) bond motifs is 1. The van der Waals surface area contributed by atoms with Gasteiger partial charge in [-0.15, -0.1) is 21.5 Å². The number of aromatic nitrogens is 6. The number of esters is 1. The van der Waals surface area contributed by atoms with E-state index in [-0.39, 0.29) is 12.0 Å². The SMILES string of the molecule is CCn1ncc2c(NC3CCOC(=O)C3)c(-c3nnc(CCc4scnc4C)o3)cnc21. The molecule has 0 spiro atoms. The van der Waals surface area contributed by atoms with Crippen molar-refractivity contribution in [3.63, 3.8) is 0 Å². The third-order valence-electron chi connectivity index (χ3n) is 5.56. The number of carbonyl (C=O) groups excluding carboxylic acids is 1. The van der Waals surface area contributed by atoms with Crippen LogP contribution in [-0.2, 0) is 28.9 Å². The smallest absolute Gasteiger partial charge is 0.307 e. The summed E-state index contributed by atoms with van der Waals surface area (Å²) >= 11 is 1.63. The molecule has 0 bridgehead atoms. The number of rotatable bonds is 7. The number of pyridine rings is 1. The Hall–Kier alpha value is -3.34. The molecule has 1 aliphatic rings. The van der Waals surface area contributed by atoms with E-state index < -0.39 is 0 Å². The lowest BCUT2D eigenvalue weighted by atomic mass is 10.1. The van der Waals surface area contributed by atoms with Crippen LogP contribution in [0.15, 0.2) is 22.3 Å². The van der Waals surface area contributed by atoms with Gasteiger partial charge in [0.05, 0.1) is 47.1 Å². The minimum absolute atomic E-state index is 0.0535. The van der Waals surface area contributed by atoms with Crippen molar-refractivity contribution in [2.45, 2.75) is 52.1 Å². The number of anilines is 1. The minimum atomic E-state index is -0.205. The second kappa shape index (κ2) is 8.65. The Bertz CT molecular complexity index is 1260. The van der Waals surface area contributed by atoms with Crippen LogP contribution in [0, 0.1) is 6.92 Å². The molecular weight excluding hydrogens is 430 g/mol. The lowest BCUT2D eigenvalue weighted by Gasteiger charge is -2.24. The molecule has 0 radical (unpaired) electrons. The summed E-state index contributed by atoms with van der Waals surface area (Å²) in [5, 5.41) is 17.3. The first-order chi connectivity index (χ1) is 15.6. The molecule has 0 aromatic carbocycles. The molecule has 1 aliphatic heterocycles. The van der Waals surface area contributed by atoms with E-state index in [2.05, 4.69) is 30.6 Å². The van der Waals surface area contributed by atoms with Crippen molar-refractivity contribution in [2.75, 3.05) is 11.9 Å². The lowest BCUT2D eigenvalue weighted by molar-refractivity contribution is -0.147. The predicted octanol–water partition coefficient (Wildman–Crippen LogP) is 3.17. The standard InChI is InChI=1S/C21H23N7O3S/c1-3-28-20-14(10-24-28)19(25-13-6-7-30-18(29)8-13)15(9-22-20)21-27-26-17(31-21)5-4-16-12(2)23-11-32-16/h9-11,13H,3-8H2,1-2H3,(H,22,25). The normalized spacial score (nSPS) is 16.4. The Morgan fingerprint density at radius 3 is 2.94 bits per heavy atom. The Morgan fingerprint density at radius 2 is 2.16 bits per heavy atom. The second-order valence-corrected chi connectivity index (χ2v) is 8.60. The van der Waals surface area contributed by atoms with Crippen molar-refractivity contribution < 1.29 is 13.9 Å². The monoisotopic (exact) mass is 453 g/mol. The topological polar surface area (TPSA) is 121 Å². The number of cyclic esters (lactones) is 1. The number of hydrogen-bond acceptors (Lipinski definition) is 10. The third kappa shape index (κ3) is 3.95. The quantitative estimate of drug-likeness (QED) is 0.421. The van der Waals surface area contributed by atoms with Gasteiger partial charge in [0, 0.05) is 36.5 Å². The minimum Gasteiger partial charge on any atom is -0.466 e. The van der Waals surface area contributed by atoms with Gasteiger partial charge in [-0.3, -0.25) is 4.79 Å². The summed E-state index contributed by atoms with van der Waals surface area (Å²) in [7, 11) is 0. The summed E-state index contributed by atoms with van der Waals surface area (Å²) < 4.78 is 12.9. The van der Waals surface area contributed by atoms with Gasteiger partial charge in [0.2, 0.25) is 5.89 Å². The summed E-state index contributed by atoms with van der Waals surface area (Å²) in [6.45, 7) is 5.12. The van der Waals surface area contributed by atoms with Crippen molar-refractivity contribution >= 4 is 34.0 Å². The number of ether oxygens (including phenoxy) is 1. The summed E-state index contributed by atoms with van der Waals surface area (Å²) in [5.74, 6) is 0.744. The van der Waals surface area contributed by atoms with Crippen molar-refractivity contribution in [2.24, 2.45) is 0 Å². The Labute approximate surface area is 188 Å². The van der Waals surface area contributed by atoms with Crippen LogP contribution in [0.2, 0.25) is 0 Å². The molecule has 1 fully saturated rings. The molecule has 166 valence electrons. The highest BCUT2D eigenvalue weighted by Crippen LogP contribution is 2.34. The van der Waals surface area contributed by atoms with Crippen LogP contribution in [0.25, 0.3) is 22.5 Å². The summed E-state index contributed by atoms with van der Waals surface area (Å²) in [5.41, 5.74) is 5.13. The fraction of sp³-hybridized carbons (Fsp3) is 0.429. The van der Waals surface area contributed by atoms with Crippen molar-refractivity contribution in [1.29, 1.82) is 0 Å². The summed E-state index contributed by atoms with van der Waals surface area (Å²) in [6, 6.07) is -0.0535. The fourth-order valence-electron chi connectivity index (χ4n) is 3.83. The van der Waals surface area contributed by atoms with Crippen LogP contribution in [0.4, 0.5) is 5.69 Å². The van der Waals surface area contributed by atoms with E-state index in [1.54, 1.807) is 23.7 Å². The average Bonchev–Trinajstić information content (AvgIpc) is 3.52. The van der Waals surface area contributed by atoms with Crippen LogP contribution in [-0.4, -0.2) is 48.6 Å². The molecule has 32 heavy (non-hydrogen) atoms. The molecule has 1 saturated heterocycles. The highest BCUT2D eigenvalue weighted by Gasteiger charge is 2.25. The van der Waals surface area contributed by atoms with Crippen molar-refractivity contribution in [1.82, 2.24) is 29.9 Å². The van der Waals surface area contributed by atoms with Gasteiger partial charge in [0.25, 0.3) is 5.89 Å². The average molecular weight is 454 g/mol. The lowest BCUT2D eigenvalue weighted by Crippen LogP contribution is -2.31. The first-order valence-corrected chi connectivity index (χ1v) is 11.5. The van der Waals surface area contributed by atoms with Gasteiger partial charge in [0.15, 0.2) is 5.65 Å². The molecule has 11 heteroatoms. The van der Waals surface area contributed by atoms with E-state index in [4.69, 9.17) is 9.15 Å². The third-order valence-corrected chi connectivity index (χ3v) is 6.56. The van der Waals surface area contributed by atoms with Crippen LogP contribution in [0.1, 0.15) is 36.2 Å². The number of nitrogens with one attached hydrogen (secondary N) is 1. The zero-order valence-corrected chi connectivity index (χ0v) is 18.7. The zero-order valence-electron chi connectivity index (χ0n) is 17.9. The molecular formula is C21H23N7O3S. The van der Waals surface area contributed by atoms with E-state index in [1.165, 1.54) is 4.88 Å². The number of aryl methyl sites for hydroxylation is 4. The summed E-state index contributed by atoms with van der Waals surface area (Å²) in [6.07, 6.45) is 5.96. The molecule has 1 unspecified atom stereocenters. The van der Waals surface area contributed by atoms with Gasteiger partial charge in [-0.1, -0.05) is 0 Å². The molecule has 0 aliphatic carbocycles. The van der Waals surface area contributed by atoms with E-state index in [0.717, 1.165) is 35.3 Å². The van der Waals surface area contributed by atoms with Gasteiger partial charge < -0.3 is 14.5 Å². The molecule has 5 rings (SSSR count). The van der Waals surface area contributed by atoms with E-state index in [9.17, 15) is 4.79 Å². The molecule has 0 saturated carbocycles. The largest absolute Gasteiger partial charge is 0.466 e. The Morgan fingerprint density at radius 1 is 1.25 bits per heavy atom. The van der Waals surface area contributed by atoms with Crippen molar-refractivity contribution in [3.05, 3.63) is 34.4 Å². The van der Waals surface area contributed by atoms with Gasteiger partial charge >= 0.3 is 5.97 Å². The Kier molecular flexibility index (Phi) is 5.56. The van der Waals surface area contributed by atoms with E-state index in [1.807, 2.05) is 24.0 Å². The van der Waals surface area contributed by atoms with Gasteiger partial charge in [-0.2, -0.15) is 5.10 Å². The molecule has 5 heterocycles. The van der Waals surface area contributed by atoms with Gasteiger partial charge in [-0.25, -0.2) is 14.6 Å². The zero-order chi connectivity index (χ0) is 22.1. The maximum absolute atomic E-state index is 11.8. The van der Waals surface area contributed by atoms with Crippen molar-refractivity contribution in [3.8, 4) is 11.5 Å². The van der Waals surface area contributed by atoms with E-state index >= 15 is 0 Å². The first-order valence-electron chi connectivity index (χ1n) is 10.6.